The predicted octanol–water partition coefficient (Wildman–Crippen LogP) is 1.00. The Morgan fingerprint density at radius 1 is 1.50 bits per heavy atom. The molecule has 0 saturated heterocycles. The lowest BCUT2D eigenvalue weighted by Gasteiger charge is -2.28. The van der Waals surface area contributed by atoms with Crippen LogP contribution in [-0.2, 0) is 9.59 Å². The fourth-order valence-corrected chi connectivity index (χ4v) is 1.68. The molecule has 0 aromatic rings. The molecule has 1 amide bonds. The van der Waals surface area contributed by atoms with Crippen molar-refractivity contribution >= 4 is 11.9 Å². The zero-order chi connectivity index (χ0) is 12.3. The molecular weight excluding hydrogens is 208 g/mol. The molecule has 0 aromatic carbocycles. The van der Waals surface area contributed by atoms with Gasteiger partial charge >= 0.3 is 5.97 Å². The highest BCUT2D eigenvalue weighted by Gasteiger charge is 2.58. The molecule has 16 heavy (non-hydrogen) atoms. The summed E-state index contributed by atoms with van der Waals surface area (Å²) >= 11 is 0. The average Bonchev–Trinajstić information content (AvgIpc) is 2.98. The van der Waals surface area contributed by atoms with Crippen molar-refractivity contribution in [1.82, 2.24) is 4.90 Å². The van der Waals surface area contributed by atoms with Crippen molar-refractivity contribution in [3.8, 4) is 6.07 Å². The molecule has 0 aliphatic heterocycles. The van der Waals surface area contributed by atoms with E-state index in [-0.39, 0.29) is 18.4 Å². The summed E-state index contributed by atoms with van der Waals surface area (Å²) in [7, 11) is 0. The molecule has 0 atom stereocenters. The molecule has 1 saturated carbocycles. The monoisotopic (exact) mass is 224 g/mol. The van der Waals surface area contributed by atoms with Gasteiger partial charge < -0.3 is 10.0 Å². The van der Waals surface area contributed by atoms with E-state index in [1.807, 2.05) is 19.9 Å². The van der Waals surface area contributed by atoms with E-state index >= 15 is 0 Å². The second-order valence-corrected chi connectivity index (χ2v) is 4.39. The van der Waals surface area contributed by atoms with Crippen molar-refractivity contribution in [3.63, 3.8) is 0 Å². The van der Waals surface area contributed by atoms with Crippen molar-refractivity contribution in [2.75, 3.05) is 6.54 Å². The van der Waals surface area contributed by atoms with E-state index in [0.29, 0.717) is 19.4 Å². The van der Waals surface area contributed by atoms with Crippen LogP contribution in [0.5, 0.6) is 0 Å². The molecule has 5 heteroatoms. The number of nitrogens with zero attached hydrogens (tertiary/aromatic N) is 2. The zero-order valence-electron chi connectivity index (χ0n) is 9.56. The molecule has 5 nitrogen and oxygen atoms in total. The second-order valence-electron chi connectivity index (χ2n) is 4.39. The molecule has 1 fully saturated rings. The first kappa shape index (κ1) is 12.5. The van der Waals surface area contributed by atoms with Crippen molar-refractivity contribution < 1.29 is 14.7 Å². The summed E-state index contributed by atoms with van der Waals surface area (Å²) in [6.45, 7) is 3.96. The molecule has 0 spiro atoms. The number of hydrogen-bond donors (Lipinski definition) is 1. The largest absolute Gasteiger partial charge is 0.480 e. The molecule has 88 valence electrons. The smallest absolute Gasteiger partial charge is 0.319 e. The third-order valence-corrected chi connectivity index (χ3v) is 2.92. The Hall–Kier alpha value is -1.57. The lowest BCUT2D eigenvalue weighted by Crippen LogP contribution is -2.45. The van der Waals surface area contributed by atoms with Gasteiger partial charge in [0.2, 0.25) is 5.91 Å². The summed E-state index contributed by atoms with van der Waals surface area (Å²) in [5, 5.41) is 17.5. The number of carbonyl (C=O) groups excluding carboxylic acids is 1. The summed E-state index contributed by atoms with van der Waals surface area (Å²) in [6, 6.07) is 1.90. The Labute approximate surface area is 94.7 Å². The van der Waals surface area contributed by atoms with Gasteiger partial charge in [-0.3, -0.25) is 9.59 Å². The molecule has 0 aromatic heterocycles. The number of carbonyl (C=O) groups is 2. The molecular formula is C11H16N2O3. The van der Waals surface area contributed by atoms with Crippen molar-refractivity contribution in [3.05, 3.63) is 0 Å². The van der Waals surface area contributed by atoms with Crippen LogP contribution in [0.25, 0.3) is 0 Å². The Morgan fingerprint density at radius 2 is 2.06 bits per heavy atom. The second kappa shape index (κ2) is 4.52. The normalized spacial score (nSPS) is 16.6. The lowest BCUT2D eigenvalue weighted by molar-refractivity contribution is -0.154. The van der Waals surface area contributed by atoms with Crippen LogP contribution in [0.1, 0.15) is 33.1 Å². The third-order valence-electron chi connectivity index (χ3n) is 2.92. The Balaban J connectivity index is 2.76. The van der Waals surface area contributed by atoms with Gasteiger partial charge in [0.25, 0.3) is 0 Å². The van der Waals surface area contributed by atoms with Gasteiger partial charge in [-0.1, -0.05) is 0 Å². The number of hydrogen-bond acceptors (Lipinski definition) is 3. The van der Waals surface area contributed by atoms with Crippen LogP contribution in [0.4, 0.5) is 0 Å². The van der Waals surface area contributed by atoms with Crippen LogP contribution in [-0.4, -0.2) is 34.5 Å². The third kappa shape index (κ3) is 2.16. The molecule has 0 radical (unpaired) electrons. The zero-order valence-corrected chi connectivity index (χ0v) is 9.56. The van der Waals surface area contributed by atoms with Crippen molar-refractivity contribution in [1.29, 1.82) is 5.26 Å². The summed E-state index contributed by atoms with van der Waals surface area (Å²) in [5.74, 6) is -1.38. The predicted molar refractivity (Wildman–Crippen MR) is 56.4 cm³/mol. The first-order valence-corrected chi connectivity index (χ1v) is 5.37. The van der Waals surface area contributed by atoms with Crippen LogP contribution < -0.4 is 0 Å². The highest BCUT2D eigenvalue weighted by atomic mass is 16.4. The topological polar surface area (TPSA) is 81.4 Å². The number of carboxylic acid groups (broad SMARTS) is 1. The molecule has 1 aliphatic rings. The average molecular weight is 224 g/mol. The summed E-state index contributed by atoms with van der Waals surface area (Å²) in [4.78, 5) is 24.6. The molecule has 1 aliphatic carbocycles. The highest BCUT2D eigenvalue weighted by Crippen LogP contribution is 2.47. The van der Waals surface area contributed by atoms with Gasteiger partial charge in [0.05, 0.1) is 12.5 Å². The van der Waals surface area contributed by atoms with Gasteiger partial charge in [0.1, 0.15) is 5.41 Å². The van der Waals surface area contributed by atoms with Gasteiger partial charge in [-0.25, -0.2) is 0 Å². The molecule has 0 unspecified atom stereocenters. The van der Waals surface area contributed by atoms with E-state index in [1.165, 1.54) is 4.90 Å². The van der Waals surface area contributed by atoms with Crippen LogP contribution in [0.3, 0.4) is 0 Å². The first-order valence-electron chi connectivity index (χ1n) is 5.37. The lowest BCUT2D eigenvalue weighted by atomic mass is 10.0. The van der Waals surface area contributed by atoms with E-state index in [4.69, 9.17) is 10.4 Å². The minimum atomic E-state index is -1.19. The SMILES string of the molecule is CC(C)N(CCC#N)C(=O)C1(C(=O)O)CC1. The van der Waals surface area contributed by atoms with Gasteiger partial charge in [0.15, 0.2) is 0 Å². The minimum absolute atomic E-state index is 0.0716. The number of rotatable bonds is 5. The van der Waals surface area contributed by atoms with Crippen molar-refractivity contribution in [2.24, 2.45) is 5.41 Å². The standard InChI is InChI=1S/C11H16N2O3/c1-8(2)13(7-3-6-12)9(14)11(4-5-11)10(15)16/h8H,3-5,7H2,1-2H3,(H,15,16). The first-order chi connectivity index (χ1) is 7.45. The maximum atomic E-state index is 12.1. The Morgan fingerprint density at radius 3 is 2.38 bits per heavy atom. The summed E-state index contributed by atoms with van der Waals surface area (Å²) in [5.41, 5.74) is -1.19. The van der Waals surface area contributed by atoms with Crippen LogP contribution in [0.15, 0.2) is 0 Å². The van der Waals surface area contributed by atoms with E-state index in [1.54, 1.807) is 0 Å². The molecule has 1 rings (SSSR count). The maximum absolute atomic E-state index is 12.1. The number of aliphatic carboxylic acids is 1. The van der Waals surface area contributed by atoms with Crippen molar-refractivity contribution in [2.45, 2.75) is 39.2 Å². The Bertz CT molecular complexity index is 340. The quantitative estimate of drug-likeness (QED) is 0.706. The van der Waals surface area contributed by atoms with Gasteiger partial charge in [-0.05, 0) is 26.7 Å². The van der Waals surface area contributed by atoms with E-state index in [9.17, 15) is 9.59 Å². The number of nitriles is 1. The fraction of sp³-hybridized carbons (Fsp3) is 0.727. The van der Waals surface area contributed by atoms with Crippen LogP contribution >= 0.6 is 0 Å². The maximum Gasteiger partial charge on any atom is 0.319 e. The van der Waals surface area contributed by atoms with E-state index in [0.717, 1.165) is 0 Å². The minimum Gasteiger partial charge on any atom is -0.480 e. The number of carboxylic acids is 1. The molecule has 0 heterocycles. The summed E-state index contributed by atoms with van der Waals surface area (Å²) < 4.78 is 0. The van der Waals surface area contributed by atoms with Crippen LogP contribution in [0, 0.1) is 16.7 Å². The van der Waals surface area contributed by atoms with Gasteiger partial charge in [0, 0.05) is 12.6 Å². The van der Waals surface area contributed by atoms with E-state index < -0.39 is 11.4 Å². The van der Waals surface area contributed by atoms with E-state index in [2.05, 4.69) is 0 Å². The summed E-state index contributed by atoms with van der Waals surface area (Å²) in [6.07, 6.45) is 1.06. The van der Waals surface area contributed by atoms with Gasteiger partial charge in [-0.15, -0.1) is 0 Å². The molecule has 0 bridgehead atoms. The fourth-order valence-electron chi connectivity index (χ4n) is 1.68. The Kier molecular flexibility index (Phi) is 3.53. The molecule has 1 N–H and O–H groups in total. The highest BCUT2D eigenvalue weighted by molar-refractivity contribution is 6.04. The number of amides is 1. The van der Waals surface area contributed by atoms with Gasteiger partial charge in [-0.2, -0.15) is 5.26 Å². The van der Waals surface area contributed by atoms with Crippen LogP contribution in [0.2, 0.25) is 0 Å².